The van der Waals surface area contributed by atoms with E-state index in [1.54, 1.807) is 25.2 Å². The molecule has 24 heavy (non-hydrogen) atoms. The first-order chi connectivity index (χ1) is 11.4. The van der Waals surface area contributed by atoms with E-state index in [-0.39, 0.29) is 12.5 Å². The molecule has 6 nitrogen and oxygen atoms in total. The Morgan fingerprint density at radius 3 is 2.75 bits per heavy atom. The van der Waals surface area contributed by atoms with Crippen molar-refractivity contribution in [2.45, 2.75) is 18.9 Å². The van der Waals surface area contributed by atoms with Gasteiger partial charge < -0.3 is 20.1 Å². The van der Waals surface area contributed by atoms with Gasteiger partial charge in [0.05, 0.1) is 22.6 Å². The maximum atomic E-state index is 12.0. The molecule has 2 amide bonds. The third-order valence-electron chi connectivity index (χ3n) is 3.85. The Balaban J connectivity index is 1.62. The second-order valence-corrected chi connectivity index (χ2v) is 6.51. The lowest BCUT2D eigenvalue weighted by atomic mass is 10.1. The lowest BCUT2D eigenvalue weighted by Gasteiger charge is -2.12. The predicted octanol–water partition coefficient (Wildman–Crippen LogP) is 1.72. The smallest absolute Gasteiger partial charge is 0.252 e. The summed E-state index contributed by atoms with van der Waals surface area (Å²) in [6, 6.07) is 5.07. The van der Waals surface area contributed by atoms with E-state index in [9.17, 15) is 14.7 Å². The van der Waals surface area contributed by atoms with Crippen LogP contribution in [0.1, 0.15) is 12.8 Å². The Bertz CT molecular complexity index is 612. The zero-order valence-electron chi connectivity index (χ0n) is 13.3. The quantitative estimate of drug-likeness (QED) is 0.712. The second kappa shape index (κ2) is 8.55. The van der Waals surface area contributed by atoms with Gasteiger partial charge in [0.2, 0.25) is 5.91 Å². The van der Waals surface area contributed by atoms with Gasteiger partial charge in [0.25, 0.3) is 5.91 Å². The number of amides is 2. The molecule has 1 aliphatic heterocycles. The van der Waals surface area contributed by atoms with Crippen LogP contribution in [0.5, 0.6) is 5.75 Å². The van der Waals surface area contributed by atoms with Gasteiger partial charge in [-0.1, -0.05) is 23.2 Å². The van der Waals surface area contributed by atoms with Crippen LogP contribution in [0.2, 0.25) is 10.0 Å². The van der Waals surface area contributed by atoms with E-state index in [4.69, 9.17) is 27.9 Å². The minimum Gasteiger partial charge on any atom is -0.494 e. The number of nitrogens with zero attached hydrogens (tertiary/aromatic N) is 1. The molecule has 132 valence electrons. The normalized spacial score (nSPS) is 20.3. The monoisotopic (exact) mass is 374 g/mol. The third kappa shape index (κ3) is 4.75. The van der Waals surface area contributed by atoms with E-state index in [1.165, 1.54) is 4.90 Å². The summed E-state index contributed by atoms with van der Waals surface area (Å²) in [5, 5.41) is 13.4. The van der Waals surface area contributed by atoms with Gasteiger partial charge in [0.1, 0.15) is 11.9 Å². The zero-order valence-corrected chi connectivity index (χ0v) is 14.8. The molecular formula is C16H20Cl2N2O4. The molecular weight excluding hydrogens is 355 g/mol. The standard InChI is InChI=1S/C16H20Cl2N2O4/c1-20-9-11(14(21)16(20)23)15(22)19-6-2-3-7-24-10-4-5-12(17)13(18)8-10/h4-5,8,11,14,21H,2-3,6-7,9H2,1H3,(H,19,22). The van der Waals surface area contributed by atoms with E-state index in [0.29, 0.717) is 28.9 Å². The molecule has 0 aliphatic carbocycles. The van der Waals surface area contributed by atoms with Gasteiger partial charge in [-0.2, -0.15) is 0 Å². The molecule has 0 saturated carbocycles. The molecule has 2 atom stereocenters. The number of likely N-dealkylation sites (tertiary alicyclic amines) is 1. The van der Waals surface area contributed by atoms with E-state index in [2.05, 4.69) is 5.32 Å². The Labute approximate surface area is 150 Å². The van der Waals surface area contributed by atoms with Gasteiger partial charge in [-0.3, -0.25) is 9.59 Å². The van der Waals surface area contributed by atoms with Crippen molar-refractivity contribution in [2.75, 3.05) is 26.7 Å². The minimum absolute atomic E-state index is 0.242. The van der Waals surface area contributed by atoms with Gasteiger partial charge in [0.15, 0.2) is 0 Å². The molecule has 1 aromatic carbocycles. The molecule has 2 rings (SSSR count). The predicted molar refractivity (Wildman–Crippen MR) is 91.3 cm³/mol. The summed E-state index contributed by atoms with van der Waals surface area (Å²) in [5.41, 5.74) is 0. The zero-order chi connectivity index (χ0) is 17.7. The number of benzene rings is 1. The van der Waals surface area contributed by atoms with Crippen LogP contribution in [0, 0.1) is 5.92 Å². The maximum absolute atomic E-state index is 12.0. The lowest BCUT2D eigenvalue weighted by molar-refractivity contribution is -0.137. The Morgan fingerprint density at radius 1 is 1.38 bits per heavy atom. The first-order valence-corrected chi connectivity index (χ1v) is 8.44. The highest BCUT2D eigenvalue weighted by atomic mass is 35.5. The van der Waals surface area contributed by atoms with Crippen molar-refractivity contribution in [3.63, 3.8) is 0 Å². The summed E-state index contributed by atoms with van der Waals surface area (Å²) in [6.07, 6.45) is 0.222. The van der Waals surface area contributed by atoms with Crippen LogP contribution in [0.4, 0.5) is 0 Å². The molecule has 0 aromatic heterocycles. The van der Waals surface area contributed by atoms with E-state index in [0.717, 1.165) is 12.8 Å². The number of likely N-dealkylation sites (N-methyl/N-ethyl adjacent to an activating group) is 1. The molecule has 0 spiro atoms. The fourth-order valence-electron chi connectivity index (χ4n) is 2.44. The molecule has 1 aromatic rings. The first-order valence-electron chi connectivity index (χ1n) is 7.68. The van der Waals surface area contributed by atoms with Gasteiger partial charge in [-0.25, -0.2) is 0 Å². The van der Waals surface area contributed by atoms with E-state index < -0.39 is 17.9 Å². The number of aliphatic hydroxyl groups is 1. The van der Waals surface area contributed by atoms with Crippen molar-refractivity contribution in [3.05, 3.63) is 28.2 Å². The molecule has 2 unspecified atom stereocenters. The Hall–Kier alpha value is -1.50. The van der Waals surface area contributed by atoms with E-state index in [1.807, 2.05) is 0 Å². The van der Waals surface area contributed by atoms with Gasteiger partial charge in [-0.05, 0) is 25.0 Å². The van der Waals surface area contributed by atoms with Crippen LogP contribution in [0.3, 0.4) is 0 Å². The number of unbranched alkanes of at least 4 members (excludes halogenated alkanes) is 1. The topological polar surface area (TPSA) is 78.9 Å². The van der Waals surface area contributed by atoms with Crippen molar-refractivity contribution in [1.29, 1.82) is 0 Å². The molecule has 0 bridgehead atoms. The fraction of sp³-hybridized carbons (Fsp3) is 0.500. The highest BCUT2D eigenvalue weighted by Gasteiger charge is 2.41. The van der Waals surface area contributed by atoms with Crippen LogP contribution in [-0.2, 0) is 9.59 Å². The first kappa shape index (κ1) is 18.8. The molecule has 0 radical (unpaired) electrons. The van der Waals surface area contributed by atoms with Gasteiger partial charge in [0, 0.05) is 26.2 Å². The van der Waals surface area contributed by atoms with Crippen LogP contribution < -0.4 is 10.1 Å². The number of halogens is 2. The fourth-order valence-corrected chi connectivity index (χ4v) is 2.72. The highest BCUT2D eigenvalue weighted by Crippen LogP contribution is 2.26. The number of carbonyl (C=O) groups is 2. The third-order valence-corrected chi connectivity index (χ3v) is 4.59. The van der Waals surface area contributed by atoms with Gasteiger partial charge >= 0.3 is 0 Å². The number of rotatable bonds is 7. The average Bonchev–Trinajstić information content (AvgIpc) is 2.81. The largest absolute Gasteiger partial charge is 0.494 e. The maximum Gasteiger partial charge on any atom is 0.252 e. The summed E-state index contributed by atoms with van der Waals surface area (Å²) in [6.45, 7) is 1.19. The van der Waals surface area contributed by atoms with Crippen molar-refractivity contribution in [2.24, 2.45) is 5.92 Å². The molecule has 8 heteroatoms. The number of hydrogen-bond acceptors (Lipinski definition) is 4. The number of aliphatic hydroxyl groups excluding tert-OH is 1. The highest BCUT2D eigenvalue weighted by molar-refractivity contribution is 6.42. The summed E-state index contributed by atoms with van der Waals surface area (Å²) in [4.78, 5) is 24.8. The molecule has 1 aliphatic rings. The van der Waals surface area contributed by atoms with E-state index >= 15 is 0 Å². The number of nitrogens with one attached hydrogen (secondary N) is 1. The van der Waals surface area contributed by atoms with Crippen molar-refractivity contribution < 1.29 is 19.4 Å². The molecule has 1 fully saturated rings. The molecule has 1 heterocycles. The van der Waals surface area contributed by atoms with Gasteiger partial charge in [-0.15, -0.1) is 0 Å². The summed E-state index contributed by atoms with van der Waals surface area (Å²) >= 11 is 11.7. The van der Waals surface area contributed by atoms with Crippen molar-refractivity contribution in [1.82, 2.24) is 10.2 Å². The Kier molecular flexibility index (Phi) is 6.71. The minimum atomic E-state index is -1.24. The molecule has 1 saturated heterocycles. The van der Waals surface area contributed by atoms with Crippen LogP contribution >= 0.6 is 23.2 Å². The summed E-state index contributed by atoms with van der Waals surface area (Å²) < 4.78 is 5.55. The van der Waals surface area contributed by atoms with Crippen LogP contribution in [0.25, 0.3) is 0 Å². The number of hydrogen-bond donors (Lipinski definition) is 2. The van der Waals surface area contributed by atoms with Crippen LogP contribution in [-0.4, -0.2) is 54.7 Å². The number of ether oxygens (including phenoxy) is 1. The average molecular weight is 375 g/mol. The number of carbonyl (C=O) groups excluding carboxylic acids is 2. The second-order valence-electron chi connectivity index (χ2n) is 5.69. The molecule has 2 N–H and O–H groups in total. The summed E-state index contributed by atoms with van der Waals surface area (Å²) in [7, 11) is 1.57. The Morgan fingerprint density at radius 2 is 2.12 bits per heavy atom. The van der Waals surface area contributed by atoms with Crippen molar-refractivity contribution >= 4 is 35.0 Å². The SMILES string of the molecule is CN1CC(C(=O)NCCCCOc2ccc(Cl)c(Cl)c2)C(O)C1=O. The van der Waals surface area contributed by atoms with Crippen molar-refractivity contribution in [3.8, 4) is 5.75 Å². The lowest BCUT2D eigenvalue weighted by Crippen LogP contribution is -2.38. The summed E-state index contributed by atoms with van der Waals surface area (Å²) in [5.74, 6) is -0.769. The van der Waals surface area contributed by atoms with Crippen LogP contribution in [0.15, 0.2) is 18.2 Å².